The normalized spacial score (nSPS) is 26.0. The highest BCUT2D eigenvalue weighted by Crippen LogP contribution is 2.37. The lowest BCUT2D eigenvalue weighted by atomic mass is 9.97. The number of amides is 1. The lowest BCUT2D eigenvalue weighted by Crippen LogP contribution is -2.58. The summed E-state index contributed by atoms with van der Waals surface area (Å²) in [6, 6.07) is 7.43. The molecule has 1 N–H and O–H groups in total. The molecule has 0 aromatic heterocycles. The molecule has 32 heavy (non-hydrogen) atoms. The molecular formula is C24H34N2O5S. The van der Waals surface area contributed by atoms with Gasteiger partial charge in [0.15, 0.2) is 0 Å². The van der Waals surface area contributed by atoms with Crippen LogP contribution in [0.3, 0.4) is 0 Å². The molecule has 1 aliphatic heterocycles. The Balaban J connectivity index is 1.62. The van der Waals surface area contributed by atoms with Crippen molar-refractivity contribution in [3.8, 4) is 5.75 Å². The summed E-state index contributed by atoms with van der Waals surface area (Å²) in [6.07, 6.45) is 8.46. The molecule has 0 radical (unpaired) electrons. The number of benzene rings is 1. The van der Waals surface area contributed by atoms with E-state index in [1.54, 1.807) is 11.0 Å². The van der Waals surface area contributed by atoms with E-state index in [2.05, 4.69) is 30.0 Å². The third kappa shape index (κ3) is 6.67. The summed E-state index contributed by atoms with van der Waals surface area (Å²) >= 11 is 0. The Labute approximate surface area is 191 Å². The standard InChI is InChI=1S/C24H34N2O5S/c1-4-14-30-20-9-6-8-18(15-20)19-11-12-21(16-19)31-17-23-22(25-32(3,28)29)10-7-13-26(23)24(27)5-2/h4-6,8-9,15,19,21-23,25H,1-2,7,10-14,16-17H2,3H3/t19-,21+,22-,23-/m0/s1. The number of sulfonamides is 1. The Morgan fingerprint density at radius 1 is 1.28 bits per heavy atom. The van der Waals surface area contributed by atoms with E-state index >= 15 is 0 Å². The van der Waals surface area contributed by atoms with Crippen molar-refractivity contribution >= 4 is 15.9 Å². The van der Waals surface area contributed by atoms with Gasteiger partial charge in [0.1, 0.15) is 12.4 Å². The summed E-state index contributed by atoms with van der Waals surface area (Å²) < 4.78 is 38.3. The fourth-order valence-electron chi connectivity index (χ4n) is 4.71. The van der Waals surface area contributed by atoms with E-state index in [4.69, 9.17) is 9.47 Å². The van der Waals surface area contributed by atoms with Gasteiger partial charge in [-0.25, -0.2) is 13.1 Å². The van der Waals surface area contributed by atoms with Crippen LogP contribution in [0.15, 0.2) is 49.6 Å². The van der Waals surface area contributed by atoms with Gasteiger partial charge in [0.05, 0.1) is 25.0 Å². The Morgan fingerprint density at radius 2 is 2.09 bits per heavy atom. The van der Waals surface area contributed by atoms with Crippen molar-refractivity contribution in [2.75, 3.05) is 26.0 Å². The van der Waals surface area contributed by atoms with Crippen LogP contribution >= 0.6 is 0 Å². The Bertz CT molecular complexity index is 917. The van der Waals surface area contributed by atoms with Crippen LogP contribution in [0.4, 0.5) is 0 Å². The zero-order valence-corrected chi connectivity index (χ0v) is 19.6. The third-order valence-electron chi connectivity index (χ3n) is 6.19. The summed E-state index contributed by atoms with van der Waals surface area (Å²) in [5.41, 5.74) is 1.23. The van der Waals surface area contributed by atoms with Crippen LogP contribution in [0.1, 0.15) is 43.6 Å². The maximum Gasteiger partial charge on any atom is 0.246 e. The molecule has 4 atom stereocenters. The molecule has 0 unspecified atom stereocenters. The van der Waals surface area contributed by atoms with Crippen molar-refractivity contribution in [2.45, 2.75) is 56.2 Å². The highest BCUT2D eigenvalue weighted by Gasteiger charge is 2.36. The van der Waals surface area contributed by atoms with Gasteiger partial charge in [-0.1, -0.05) is 31.4 Å². The lowest BCUT2D eigenvalue weighted by molar-refractivity contribution is -0.132. The van der Waals surface area contributed by atoms with Crippen LogP contribution in [0.5, 0.6) is 5.75 Å². The summed E-state index contributed by atoms with van der Waals surface area (Å²) in [7, 11) is -3.39. The van der Waals surface area contributed by atoms with Gasteiger partial charge in [0.25, 0.3) is 0 Å². The van der Waals surface area contributed by atoms with Gasteiger partial charge in [0.2, 0.25) is 15.9 Å². The number of likely N-dealkylation sites (tertiary alicyclic amines) is 1. The molecule has 1 amide bonds. The predicted molar refractivity (Wildman–Crippen MR) is 125 cm³/mol. The number of nitrogens with zero attached hydrogens (tertiary/aromatic N) is 1. The highest BCUT2D eigenvalue weighted by atomic mass is 32.2. The van der Waals surface area contributed by atoms with Crippen LogP contribution < -0.4 is 9.46 Å². The average molecular weight is 463 g/mol. The van der Waals surface area contributed by atoms with Crippen LogP contribution in [0, 0.1) is 0 Å². The zero-order chi connectivity index (χ0) is 23.1. The predicted octanol–water partition coefficient (Wildman–Crippen LogP) is 3.00. The van der Waals surface area contributed by atoms with E-state index in [9.17, 15) is 13.2 Å². The van der Waals surface area contributed by atoms with Crippen molar-refractivity contribution in [2.24, 2.45) is 0 Å². The van der Waals surface area contributed by atoms with Gasteiger partial charge in [-0.05, 0) is 61.8 Å². The van der Waals surface area contributed by atoms with E-state index in [1.165, 1.54) is 11.6 Å². The summed E-state index contributed by atoms with van der Waals surface area (Å²) in [6.45, 7) is 8.62. The van der Waals surface area contributed by atoms with Crippen LogP contribution in [0.2, 0.25) is 0 Å². The second kappa shape index (κ2) is 11.1. The molecule has 7 nitrogen and oxygen atoms in total. The first-order valence-electron chi connectivity index (χ1n) is 11.2. The second-order valence-corrected chi connectivity index (χ2v) is 10.4. The van der Waals surface area contributed by atoms with Crippen LogP contribution in [0.25, 0.3) is 0 Å². The minimum Gasteiger partial charge on any atom is -0.490 e. The Morgan fingerprint density at radius 3 is 2.81 bits per heavy atom. The first kappa shape index (κ1) is 24.5. The van der Waals surface area contributed by atoms with Crippen molar-refractivity contribution in [3.05, 3.63) is 55.1 Å². The Hall–Kier alpha value is -2.16. The van der Waals surface area contributed by atoms with Gasteiger partial charge in [-0.3, -0.25) is 4.79 Å². The van der Waals surface area contributed by atoms with Gasteiger partial charge in [0, 0.05) is 12.6 Å². The van der Waals surface area contributed by atoms with E-state index in [-0.39, 0.29) is 24.1 Å². The number of nitrogens with one attached hydrogen (secondary N) is 1. The smallest absolute Gasteiger partial charge is 0.246 e. The summed E-state index contributed by atoms with van der Waals surface area (Å²) in [4.78, 5) is 14.1. The molecule has 0 bridgehead atoms. The monoisotopic (exact) mass is 462 g/mol. The quantitative estimate of drug-likeness (QED) is 0.427. The number of hydrogen-bond acceptors (Lipinski definition) is 5. The molecule has 1 heterocycles. The first-order valence-corrected chi connectivity index (χ1v) is 13.1. The zero-order valence-electron chi connectivity index (χ0n) is 18.7. The second-order valence-electron chi connectivity index (χ2n) is 8.58. The van der Waals surface area contributed by atoms with Gasteiger partial charge in [-0.15, -0.1) is 0 Å². The molecule has 1 aliphatic carbocycles. The first-order chi connectivity index (χ1) is 15.3. The molecule has 1 aromatic rings. The van der Waals surface area contributed by atoms with Crippen LogP contribution in [-0.2, 0) is 19.6 Å². The molecule has 1 aromatic carbocycles. The summed E-state index contributed by atoms with van der Waals surface area (Å²) in [5, 5.41) is 0. The Kier molecular flexibility index (Phi) is 8.51. The number of rotatable bonds is 10. The molecule has 8 heteroatoms. The maximum absolute atomic E-state index is 12.4. The average Bonchev–Trinajstić information content (AvgIpc) is 3.24. The van der Waals surface area contributed by atoms with E-state index in [1.807, 2.05) is 12.1 Å². The maximum atomic E-state index is 12.4. The molecule has 1 saturated heterocycles. The van der Waals surface area contributed by atoms with Crippen molar-refractivity contribution < 1.29 is 22.7 Å². The molecule has 1 saturated carbocycles. The van der Waals surface area contributed by atoms with E-state index in [0.717, 1.165) is 37.7 Å². The number of carbonyl (C=O) groups excluding carboxylic acids is 1. The largest absolute Gasteiger partial charge is 0.490 e. The number of carbonyl (C=O) groups is 1. The molecule has 2 fully saturated rings. The van der Waals surface area contributed by atoms with Gasteiger partial charge in [-0.2, -0.15) is 0 Å². The molecular weight excluding hydrogens is 428 g/mol. The highest BCUT2D eigenvalue weighted by molar-refractivity contribution is 7.88. The van der Waals surface area contributed by atoms with Crippen LogP contribution in [-0.4, -0.2) is 63.4 Å². The SMILES string of the molecule is C=CCOc1cccc([C@H]2CC[C@@H](OC[C@H]3[C@@H](NS(C)(=O)=O)CCCN3C(=O)C=C)C2)c1. The summed E-state index contributed by atoms with van der Waals surface area (Å²) in [5.74, 6) is 1.02. The van der Waals surface area contributed by atoms with Crippen molar-refractivity contribution in [1.29, 1.82) is 0 Å². The van der Waals surface area contributed by atoms with Gasteiger partial charge >= 0.3 is 0 Å². The molecule has 3 rings (SSSR count). The fraction of sp³-hybridized carbons (Fsp3) is 0.542. The number of hydrogen-bond donors (Lipinski definition) is 1. The molecule has 176 valence electrons. The third-order valence-corrected chi connectivity index (χ3v) is 6.92. The topological polar surface area (TPSA) is 84.9 Å². The van der Waals surface area contributed by atoms with Gasteiger partial charge < -0.3 is 14.4 Å². The van der Waals surface area contributed by atoms with Crippen molar-refractivity contribution in [3.63, 3.8) is 0 Å². The minimum atomic E-state index is -3.39. The molecule has 2 aliphatic rings. The lowest BCUT2D eigenvalue weighted by Gasteiger charge is -2.41. The number of ether oxygens (including phenoxy) is 2. The minimum absolute atomic E-state index is 0.0687. The molecule has 0 spiro atoms. The van der Waals surface area contributed by atoms with Crippen molar-refractivity contribution in [1.82, 2.24) is 9.62 Å². The van der Waals surface area contributed by atoms with E-state index in [0.29, 0.717) is 32.1 Å². The van der Waals surface area contributed by atoms with E-state index < -0.39 is 10.0 Å². The number of piperidine rings is 1. The fourth-order valence-corrected chi connectivity index (χ4v) is 5.53.